The van der Waals surface area contributed by atoms with Crippen LogP contribution in [0.25, 0.3) is 0 Å². The van der Waals surface area contributed by atoms with Crippen molar-refractivity contribution in [3.05, 3.63) is 0 Å². The first-order valence-corrected chi connectivity index (χ1v) is 7.61. The molecule has 2 saturated heterocycles. The van der Waals surface area contributed by atoms with E-state index in [0.29, 0.717) is 31.7 Å². The average Bonchev–Trinajstić information content (AvgIpc) is 2.90. The summed E-state index contributed by atoms with van der Waals surface area (Å²) in [5.74, 6) is 0.259. The summed E-state index contributed by atoms with van der Waals surface area (Å²) in [4.78, 5) is 25.5. The highest BCUT2D eigenvalue weighted by atomic mass is 16.5. The van der Waals surface area contributed by atoms with Crippen LogP contribution in [0.2, 0.25) is 0 Å². The van der Waals surface area contributed by atoms with Gasteiger partial charge in [0.1, 0.15) is 0 Å². The van der Waals surface area contributed by atoms with Crippen molar-refractivity contribution in [2.45, 2.75) is 50.3 Å². The molecule has 2 aliphatic heterocycles. The fraction of sp³-hybridized carbons (Fsp3) is 0.857. The van der Waals surface area contributed by atoms with Gasteiger partial charge in [-0.25, -0.2) is 0 Å². The highest BCUT2D eigenvalue weighted by Crippen LogP contribution is 2.33. The van der Waals surface area contributed by atoms with Gasteiger partial charge in [0.25, 0.3) is 0 Å². The molecule has 0 spiro atoms. The number of nitrogens with zero attached hydrogens (tertiary/aromatic N) is 1. The van der Waals surface area contributed by atoms with Crippen LogP contribution in [0, 0.1) is 5.92 Å². The third-order valence-electron chi connectivity index (χ3n) is 4.86. The van der Waals surface area contributed by atoms with Crippen molar-refractivity contribution in [2.24, 2.45) is 11.7 Å². The van der Waals surface area contributed by atoms with E-state index in [9.17, 15) is 9.59 Å². The number of carbonyl (C=O) groups is 2. The van der Waals surface area contributed by atoms with Gasteiger partial charge in [0.2, 0.25) is 11.8 Å². The van der Waals surface area contributed by atoms with E-state index in [0.717, 1.165) is 6.42 Å². The van der Waals surface area contributed by atoms with Gasteiger partial charge in [0, 0.05) is 12.6 Å². The van der Waals surface area contributed by atoms with Crippen LogP contribution < -0.4 is 11.1 Å². The third kappa shape index (κ3) is 2.67. The molecule has 6 heteroatoms. The van der Waals surface area contributed by atoms with Gasteiger partial charge < -0.3 is 20.7 Å². The molecular weight excluding hydrogens is 258 g/mol. The van der Waals surface area contributed by atoms with Crippen LogP contribution in [-0.2, 0) is 14.3 Å². The minimum Gasteiger partial charge on any atom is -0.367 e. The van der Waals surface area contributed by atoms with Gasteiger partial charge in [0.05, 0.1) is 19.2 Å². The van der Waals surface area contributed by atoms with Crippen molar-refractivity contribution < 1.29 is 14.3 Å². The summed E-state index contributed by atoms with van der Waals surface area (Å²) in [6.45, 7) is 1.23. The Morgan fingerprint density at radius 2 is 2.05 bits per heavy atom. The van der Waals surface area contributed by atoms with Crippen molar-refractivity contribution in [2.75, 3.05) is 19.7 Å². The lowest BCUT2D eigenvalue weighted by atomic mass is 9.85. The van der Waals surface area contributed by atoms with Crippen molar-refractivity contribution >= 4 is 11.8 Å². The van der Waals surface area contributed by atoms with Crippen molar-refractivity contribution in [1.82, 2.24) is 10.2 Å². The van der Waals surface area contributed by atoms with Gasteiger partial charge in [-0.15, -0.1) is 0 Å². The second kappa shape index (κ2) is 5.69. The lowest BCUT2D eigenvalue weighted by molar-refractivity contribution is -0.146. The van der Waals surface area contributed by atoms with Gasteiger partial charge >= 0.3 is 0 Å². The number of amides is 2. The fourth-order valence-corrected chi connectivity index (χ4v) is 3.75. The molecule has 6 nitrogen and oxygen atoms in total. The van der Waals surface area contributed by atoms with E-state index in [2.05, 4.69) is 5.32 Å². The predicted octanol–water partition coefficient (Wildman–Crippen LogP) is -0.380. The molecule has 0 aromatic rings. The van der Waals surface area contributed by atoms with Crippen molar-refractivity contribution in [3.63, 3.8) is 0 Å². The molecule has 4 atom stereocenters. The maximum absolute atomic E-state index is 12.6. The zero-order chi connectivity index (χ0) is 14.1. The van der Waals surface area contributed by atoms with Gasteiger partial charge in [-0.1, -0.05) is 12.8 Å². The highest BCUT2D eigenvalue weighted by Gasteiger charge is 2.40. The quantitative estimate of drug-likeness (QED) is 0.722. The largest absolute Gasteiger partial charge is 0.367 e. The van der Waals surface area contributed by atoms with Crippen LogP contribution in [0.1, 0.15) is 32.1 Å². The molecule has 0 bridgehead atoms. The molecule has 1 saturated carbocycles. The number of primary amides is 1. The Labute approximate surface area is 119 Å². The summed E-state index contributed by atoms with van der Waals surface area (Å²) in [7, 11) is 0. The molecule has 0 unspecified atom stereocenters. The molecule has 3 aliphatic rings. The molecular formula is C14H23N3O3. The van der Waals surface area contributed by atoms with Crippen molar-refractivity contribution in [3.8, 4) is 0 Å². The van der Waals surface area contributed by atoms with Gasteiger partial charge in [-0.05, 0) is 25.2 Å². The number of hydrogen-bond acceptors (Lipinski definition) is 4. The lowest BCUT2D eigenvalue weighted by Gasteiger charge is -2.33. The number of rotatable bonds is 2. The third-order valence-corrected chi connectivity index (χ3v) is 4.86. The summed E-state index contributed by atoms with van der Waals surface area (Å²) in [5.41, 5.74) is 5.26. The first kappa shape index (κ1) is 13.8. The molecule has 3 fully saturated rings. The number of fused-ring (bicyclic) bond motifs is 1. The normalized spacial score (nSPS) is 37.5. The molecule has 0 aromatic carbocycles. The van der Waals surface area contributed by atoms with E-state index < -0.39 is 12.0 Å². The van der Waals surface area contributed by atoms with E-state index in [1.807, 2.05) is 0 Å². The molecule has 3 N–H and O–H groups in total. The number of ether oxygens (including phenoxy) is 1. The second-order valence-corrected chi connectivity index (χ2v) is 6.15. The van der Waals surface area contributed by atoms with E-state index in [1.165, 1.54) is 25.7 Å². The molecule has 1 aliphatic carbocycles. The first-order valence-electron chi connectivity index (χ1n) is 7.61. The van der Waals surface area contributed by atoms with Crippen molar-refractivity contribution in [1.29, 1.82) is 0 Å². The van der Waals surface area contributed by atoms with Gasteiger partial charge in [-0.3, -0.25) is 9.59 Å². The second-order valence-electron chi connectivity index (χ2n) is 6.15. The van der Waals surface area contributed by atoms with E-state index in [4.69, 9.17) is 10.5 Å². The Hall–Kier alpha value is -1.14. The van der Waals surface area contributed by atoms with Crippen LogP contribution >= 0.6 is 0 Å². The summed E-state index contributed by atoms with van der Waals surface area (Å²) in [6, 6.07) is 0.417. The maximum atomic E-state index is 12.6. The average molecular weight is 281 g/mol. The molecule has 0 aromatic heterocycles. The number of morpholine rings is 1. The standard InChI is InChI=1S/C14H23N3O3/c15-13(18)12-8-17(5-6-20-12)14(19)11-7-9-3-1-2-4-10(9)16-11/h9-12,16H,1-8H2,(H2,15,18)/t9-,10+,11-,12-/m0/s1. The maximum Gasteiger partial charge on any atom is 0.248 e. The minimum atomic E-state index is -0.656. The van der Waals surface area contributed by atoms with E-state index in [1.54, 1.807) is 4.90 Å². The van der Waals surface area contributed by atoms with E-state index >= 15 is 0 Å². The molecule has 3 rings (SSSR count). The topological polar surface area (TPSA) is 84.7 Å². The summed E-state index contributed by atoms with van der Waals surface area (Å²) in [5, 5.41) is 3.49. The molecule has 0 radical (unpaired) electrons. The van der Waals surface area contributed by atoms with Crippen LogP contribution in [0.5, 0.6) is 0 Å². The van der Waals surface area contributed by atoms with Crippen LogP contribution in [0.15, 0.2) is 0 Å². The highest BCUT2D eigenvalue weighted by molar-refractivity contribution is 5.84. The monoisotopic (exact) mass is 281 g/mol. The Bertz CT molecular complexity index is 387. The van der Waals surface area contributed by atoms with Crippen LogP contribution in [0.3, 0.4) is 0 Å². The molecule has 112 valence electrons. The first-order chi connectivity index (χ1) is 9.65. The number of carbonyl (C=O) groups excluding carboxylic acids is 2. The summed E-state index contributed by atoms with van der Waals surface area (Å²) >= 11 is 0. The van der Waals surface area contributed by atoms with Gasteiger partial charge in [0.15, 0.2) is 6.10 Å². The molecule has 20 heavy (non-hydrogen) atoms. The Morgan fingerprint density at radius 1 is 1.25 bits per heavy atom. The Kier molecular flexibility index (Phi) is 3.94. The smallest absolute Gasteiger partial charge is 0.248 e. The summed E-state index contributed by atoms with van der Waals surface area (Å²) < 4.78 is 5.29. The number of nitrogens with one attached hydrogen (secondary N) is 1. The van der Waals surface area contributed by atoms with Crippen LogP contribution in [-0.4, -0.2) is 54.6 Å². The number of nitrogens with two attached hydrogens (primary N) is 1. The molecule has 2 amide bonds. The molecule has 2 heterocycles. The minimum absolute atomic E-state index is 0.0882. The predicted molar refractivity (Wildman–Crippen MR) is 72.8 cm³/mol. The van der Waals surface area contributed by atoms with Gasteiger partial charge in [-0.2, -0.15) is 0 Å². The SMILES string of the molecule is NC(=O)[C@@H]1CN(C(=O)[C@@H]2C[C@@H]3CCCC[C@H]3N2)CCO1. The zero-order valence-corrected chi connectivity index (χ0v) is 11.7. The lowest BCUT2D eigenvalue weighted by Crippen LogP contribution is -2.54. The van der Waals surface area contributed by atoms with E-state index in [-0.39, 0.29) is 11.9 Å². The summed E-state index contributed by atoms with van der Waals surface area (Å²) in [6.07, 6.45) is 5.23. The van der Waals surface area contributed by atoms with Crippen LogP contribution in [0.4, 0.5) is 0 Å². The Morgan fingerprint density at radius 3 is 2.80 bits per heavy atom. The Balaban J connectivity index is 1.60. The zero-order valence-electron chi connectivity index (χ0n) is 11.7. The fourth-order valence-electron chi connectivity index (χ4n) is 3.75. The number of hydrogen-bond donors (Lipinski definition) is 2.